The van der Waals surface area contributed by atoms with E-state index in [2.05, 4.69) is 63.5 Å². The maximum absolute atomic E-state index is 13.6. The summed E-state index contributed by atoms with van der Waals surface area (Å²) < 4.78 is 1.92. The molecule has 6 nitrogen and oxygen atoms in total. The molecule has 2 aliphatic rings. The van der Waals surface area contributed by atoms with Gasteiger partial charge in [0.05, 0.1) is 22.4 Å². The Morgan fingerprint density at radius 2 is 1.94 bits per heavy atom. The van der Waals surface area contributed by atoms with Gasteiger partial charge >= 0.3 is 0 Å². The largest absolute Gasteiger partial charge is 0.352 e. The molecular formula is C27H32N4O2S2. The van der Waals surface area contributed by atoms with Crippen molar-refractivity contribution in [2.45, 2.75) is 64.2 Å². The van der Waals surface area contributed by atoms with E-state index in [1.165, 1.54) is 4.88 Å². The van der Waals surface area contributed by atoms with Crippen molar-refractivity contribution >= 4 is 40.7 Å². The van der Waals surface area contributed by atoms with Crippen molar-refractivity contribution in [2.24, 2.45) is 0 Å². The molecule has 1 fully saturated rings. The normalized spacial score (nSPS) is 18.4. The summed E-state index contributed by atoms with van der Waals surface area (Å²) in [6.07, 6.45) is 2.02. The lowest BCUT2D eigenvalue weighted by molar-refractivity contribution is -0.123. The second-order valence-electron chi connectivity index (χ2n) is 10.5. The number of hydrogen-bond donors (Lipinski definition) is 1. The molecule has 5 rings (SSSR count). The molecule has 3 aromatic rings. The molecule has 1 saturated carbocycles. The lowest BCUT2D eigenvalue weighted by Gasteiger charge is -2.24. The van der Waals surface area contributed by atoms with Gasteiger partial charge in [-0.3, -0.25) is 14.5 Å². The first kappa shape index (κ1) is 24.1. The van der Waals surface area contributed by atoms with E-state index in [0.29, 0.717) is 5.75 Å². The van der Waals surface area contributed by atoms with Crippen LogP contribution in [0.4, 0.5) is 5.82 Å². The van der Waals surface area contributed by atoms with Crippen LogP contribution in [-0.2, 0) is 15.0 Å². The summed E-state index contributed by atoms with van der Waals surface area (Å²) in [6.45, 7) is 10.7. The number of fused-ring (bicyclic) bond motifs is 1. The molecule has 0 saturated heterocycles. The van der Waals surface area contributed by atoms with Crippen LogP contribution in [0.2, 0.25) is 0 Å². The molecule has 35 heavy (non-hydrogen) atoms. The monoisotopic (exact) mass is 508 g/mol. The summed E-state index contributed by atoms with van der Waals surface area (Å²) in [6, 6.07) is 10.6. The van der Waals surface area contributed by atoms with Gasteiger partial charge in [0.25, 0.3) is 0 Å². The number of carbonyl (C=O) groups excluding carboxylic acids is 2. The first-order chi connectivity index (χ1) is 16.6. The van der Waals surface area contributed by atoms with Crippen LogP contribution in [0.15, 0.2) is 35.7 Å². The molecule has 8 heteroatoms. The van der Waals surface area contributed by atoms with Crippen LogP contribution in [0.3, 0.4) is 0 Å². The maximum Gasteiger partial charge on any atom is 0.240 e. The summed E-state index contributed by atoms with van der Waals surface area (Å²) >= 11 is 3.33. The zero-order chi connectivity index (χ0) is 24.9. The minimum atomic E-state index is -0.252. The fourth-order valence-corrected chi connectivity index (χ4v) is 6.69. The number of nitrogens with zero attached hydrogens (tertiary/aromatic N) is 3. The Hall–Kier alpha value is -2.58. The van der Waals surface area contributed by atoms with Crippen molar-refractivity contribution in [3.8, 4) is 5.69 Å². The molecule has 1 aliphatic heterocycles. The molecule has 2 amide bonds. The summed E-state index contributed by atoms with van der Waals surface area (Å²) in [5, 5.41) is 10.3. The van der Waals surface area contributed by atoms with Crippen LogP contribution in [-0.4, -0.2) is 39.9 Å². The Labute approximate surface area is 215 Å². The standard InChI is InChI=1S/C27H32N4O2S2/c1-16-8-6-9-19(17(16)2)31-26-23(25(29-31)27(3,4)5)24(20-10-7-13-34-20)35-15-22(33)30(26)14-21(32)28-18-11-12-18/h6-10,13,18,24H,11-12,14-15H2,1-5H3,(H,28,32)/t24-/m1/s1. The van der Waals surface area contributed by atoms with E-state index in [-0.39, 0.29) is 35.1 Å². The molecule has 0 bridgehead atoms. The number of aryl methyl sites for hydroxylation is 1. The fraction of sp³-hybridized carbons (Fsp3) is 0.444. The van der Waals surface area contributed by atoms with Gasteiger partial charge in [-0.05, 0) is 55.3 Å². The van der Waals surface area contributed by atoms with Gasteiger partial charge in [0.1, 0.15) is 12.4 Å². The smallest absolute Gasteiger partial charge is 0.240 e. The van der Waals surface area contributed by atoms with E-state index in [4.69, 9.17) is 5.10 Å². The second-order valence-corrected chi connectivity index (χ2v) is 12.6. The summed E-state index contributed by atoms with van der Waals surface area (Å²) in [5.74, 6) is 0.859. The lowest BCUT2D eigenvalue weighted by Crippen LogP contribution is -2.43. The van der Waals surface area contributed by atoms with Crippen molar-refractivity contribution in [2.75, 3.05) is 17.2 Å². The van der Waals surface area contributed by atoms with Crippen molar-refractivity contribution in [1.82, 2.24) is 15.1 Å². The average Bonchev–Trinajstić information content (AvgIpc) is 3.31. The summed E-state index contributed by atoms with van der Waals surface area (Å²) in [5.41, 5.74) is 4.95. The number of thioether (sulfide) groups is 1. The van der Waals surface area contributed by atoms with E-state index in [9.17, 15) is 9.59 Å². The number of amides is 2. The van der Waals surface area contributed by atoms with Crippen LogP contribution < -0.4 is 10.2 Å². The van der Waals surface area contributed by atoms with E-state index in [0.717, 1.165) is 46.7 Å². The van der Waals surface area contributed by atoms with Gasteiger partial charge in [-0.2, -0.15) is 5.10 Å². The van der Waals surface area contributed by atoms with E-state index in [1.807, 2.05) is 16.8 Å². The molecule has 1 aliphatic carbocycles. The molecule has 2 aromatic heterocycles. The molecule has 184 valence electrons. The zero-order valence-corrected chi connectivity index (χ0v) is 22.6. The molecule has 0 unspecified atom stereocenters. The average molecular weight is 509 g/mol. The highest BCUT2D eigenvalue weighted by molar-refractivity contribution is 8.00. The number of anilines is 1. The van der Waals surface area contributed by atoms with Crippen LogP contribution in [0.5, 0.6) is 0 Å². The molecule has 0 radical (unpaired) electrons. The van der Waals surface area contributed by atoms with Crippen LogP contribution in [0.1, 0.15) is 66.1 Å². The van der Waals surface area contributed by atoms with Crippen LogP contribution in [0.25, 0.3) is 5.69 Å². The van der Waals surface area contributed by atoms with Crippen molar-refractivity contribution in [3.05, 3.63) is 63.0 Å². The minimum absolute atomic E-state index is 0.000192. The van der Waals surface area contributed by atoms with Crippen LogP contribution in [0, 0.1) is 13.8 Å². The quantitative estimate of drug-likeness (QED) is 0.508. The highest BCUT2D eigenvalue weighted by Crippen LogP contribution is 2.49. The zero-order valence-electron chi connectivity index (χ0n) is 20.9. The first-order valence-electron chi connectivity index (χ1n) is 12.1. The van der Waals surface area contributed by atoms with Crippen molar-refractivity contribution < 1.29 is 9.59 Å². The van der Waals surface area contributed by atoms with Crippen LogP contribution >= 0.6 is 23.1 Å². The molecular weight excluding hydrogens is 476 g/mol. The molecule has 1 N–H and O–H groups in total. The summed E-state index contributed by atoms with van der Waals surface area (Å²) in [4.78, 5) is 29.5. The van der Waals surface area contributed by atoms with Gasteiger partial charge in [-0.1, -0.05) is 39.0 Å². The molecule has 1 atom stereocenters. The number of nitrogens with one attached hydrogen (secondary N) is 1. The van der Waals surface area contributed by atoms with Gasteiger partial charge in [-0.15, -0.1) is 23.1 Å². The fourth-order valence-electron chi connectivity index (χ4n) is 4.52. The number of aromatic nitrogens is 2. The number of carbonyl (C=O) groups is 2. The van der Waals surface area contributed by atoms with Crippen molar-refractivity contribution in [3.63, 3.8) is 0 Å². The Morgan fingerprint density at radius 3 is 2.60 bits per heavy atom. The third kappa shape index (κ3) is 4.66. The number of benzene rings is 1. The van der Waals surface area contributed by atoms with Gasteiger partial charge in [0.2, 0.25) is 11.8 Å². The SMILES string of the molecule is Cc1cccc(-n2nc(C(C)(C)C)c3c2N(CC(=O)NC2CC2)C(=O)CS[C@@H]3c2cccs2)c1C. The number of thiophene rings is 1. The number of rotatable bonds is 5. The minimum Gasteiger partial charge on any atom is -0.352 e. The van der Waals surface area contributed by atoms with Gasteiger partial charge in [0.15, 0.2) is 0 Å². The predicted octanol–water partition coefficient (Wildman–Crippen LogP) is 5.30. The van der Waals surface area contributed by atoms with Gasteiger partial charge in [-0.25, -0.2) is 4.68 Å². The lowest BCUT2D eigenvalue weighted by atomic mass is 9.88. The molecule has 1 aromatic carbocycles. The van der Waals surface area contributed by atoms with E-state index >= 15 is 0 Å². The highest BCUT2D eigenvalue weighted by atomic mass is 32.2. The highest BCUT2D eigenvalue weighted by Gasteiger charge is 2.40. The number of hydrogen-bond acceptors (Lipinski definition) is 5. The Kier molecular flexibility index (Phi) is 6.30. The Morgan fingerprint density at radius 1 is 1.17 bits per heavy atom. The van der Waals surface area contributed by atoms with E-state index < -0.39 is 0 Å². The Bertz CT molecular complexity index is 1270. The second kappa shape index (κ2) is 9.13. The van der Waals surface area contributed by atoms with Crippen molar-refractivity contribution in [1.29, 1.82) is 0 Å². The third-order valence-corrected chi connectivity index (χ3v) is 8.97. The summed E-state index contributed by atoms with van der Waals surface area (Å²) in [7, 11) is 0. The molecule has 0 spiro atoms. The van der Waals surface area contributed by atoms with E-state index in [1.54, 1.807) is 28.0 Å². The van der Waals surface area contributed by atoms with Gasteiger partial charge < -0.3 is 5.32 Å². The third-order valence-electron chi connectivity index (χ3n) is 6.65. The predicted molar refractivity (Wildman–Crippen MR) is 144 cm³/mol. The Balaban J connectivity index is 1.77. The topological polar surface area (TPSA) is 67.2 Å². The van der Waals surface area contributed by atoms with Gasteiger partial charge in [0, 0.05) is 21.9 Å². The maximum atomic E-state index is 13.6. The first-order valence-corrected chi connectivity index (χ1v) is 14.0. The molecule has 3 heterocycles.